The summed E-state index contributed by atoms with van der Waals surface area (Å²) in [6.07, 6.45) is 1.48. The Hall–Kier alpha value is -2.56. The number of anilines is 1. The van der Waals surface area contributed by atoms with Gasteiger partial charge in [-0.15, -0.1) is 0 Å². The summed E-state index contributed by atoms with van der Waals surface area (Å²) < 4.78 is 5.39. The summed E-state index contributed by atoms with van der Waals surface area (Å²) in [4.78, 5) is 16.5. The van der Waals surface area contributed by atoms with Crippen LogP contribution < -0.4 is 15.8 Å². The number of nitrogens with two attached hydrogens (primary N) is 1. The average molecular weight is 299 g/mol. The standard InChI is InChI=1S/C17H21N3O2/c1-4-22-17-15(9-14(18)10-19-17)16(21)20-12(3)13-7-5-6-11(2)8-13/h5-10,12H,4,18H2,1-3H3,(H,20,21). The van der Waals surface area contributed by atoms with E-state index in [-0.39, 0.29) is 11.9 Å². The van der Waals surface area contributed by atoms with Crippen molar-refractivity contribution in [1.82, 2.24) is 10.3 Å². The van der Waals surface area contributed by atoms with Gasteiger partial charge in [0.2, 0.25) is 5.88 Å². The van der Waals surface area contributed by atoms with Crippen molar-refractivity contribution in [3.05, 3.63) is 53.2 Å². The third-order valence-corrected chi connectivity index (χ3v) is 3.29. The Kier molecular flexibility index (Phi) is 4.99. The smallest absolute Gasteiger partial charge is 0.257 e. The first kappa shape index (κ1) is 15.8. The van der Waals surface area contributed by atoms with Gasteiger partial charge in [-0.2, -0.15) is 0 Å². The molecule has 0 aliphatic carbocycles. The summed E-state index contributed by atoms with van der Waals surface area (Å²) in [5.41, 5.74) is 8.70. The number of pyridine rings is 1. The molecule has 0 spiro atoms. The van der Waals surface area contributed by atoms with Crippen LogP contribution in [0.4, 0.5) is 5.69 Å². The number of carbonyl (C=O) groups is 1. The molecule has 0 saturated heterocycles. The third kappa shape index (κ3) is 3.75. The van der Waals surface area contributed by atoms with E-state index < -0.39 is 0 Å². The highest BCUT2D eigenvalue weighted by atomic mass is 16.5. The van der Waals surface area contributed by atoms with Crippen molar-refractivity contribution in [2.75, 3.05) is 12.3 Å². The second kappa shape index (κ2) is 6.93. The number of aromatic nitrogens is 1. The molecule has 1 heterocycles. The lowest BCUT2D eigenvalue weighted by Gasteiger charge is -2.16. The summed E-state index contributed by atoms with van der Waals surface area (Å²) in [5, 5.41) is 2.95. The fourth-order valence-electron chi connectivity index (χ4n) is 2.18. The second-order valence-corrected chi connectivity index (χ2v) is 5.16. The molecular formula is C17H21N3O2. The van der Waals surface area contributed by atoms with Crippen molar-refractivity contribution in [2.45, 2.75) is 26.8 Å². The van der Waals surface area contributed by atoms with Gasteiger partial charge in [0, 0.05) is 0 Å². The Morgan fingerprint density at radius 3 is 2.86 bits per heavy atom. The number of nitrogens with one attached hydrogen (secondary N) is 1. The number of hydrogen-bond acceptors (Lipinski definition) is 4. The summed E-state index contributed by atoms with van der Waals surface area (Å²) in [6, 6.07) is 9.48. The largest absolute Gasteiger partial charge is 0.477 e. The molecule has 3 N–H and O–H groups in total. The first-order valence-electron chi connectivity index (χ1n) is 7.27. The number of rotatable bonds is 5. The van der Waals surface area contributed by atoms with Gasteiger partial charge in [0.15, 0.2) is 0 Å². The maximum absolute atomic E-state index is 12.5. The number of nitrogens with zero attached hydrogens (tertiary/aromatic N) is 1. The van der Waals surface area contributed by atoms with E-state index in [9.17, 15) is 4.79 Å². The highest BCUT2D eigenvalue weighted by molar-refractivity contribution is 5.97. The Labute approximate surface area is 130 Å². The van der Waals surface area contributed by atoms with Crippen LogP contribution in [0.5, 0.6) is 5.88 Å². The van der Waals surface area contributed by atoms with E-state index in [1.165, 1.54) is 6.20 Å². The van der Waals surface area contributed by atoms with Gasteiger partial charge in [0.1, 0.15) is 5.56 Å². The van der Waals surface area contributed by atoms with Crippen LogP contribution in [0.1, 0.15) is 41.4 Å². The van der Waals surface area contributed by atoms with Gasteiger partial charge in [0.25, 0.3) is 5.91 Å². The van der Waals surface area contributed by atoms with Crippen LogP contribution in [-0.2, 0) is 0 Å². The summed E-state index contributed by atoms with van der Waals surface area (Å²) in [5.74, 6) is 0.0444. The first-order chi connectivity index (χ1) is 10.5. The van der Waals surface area contributed by atoms with Crippen LogP contribution >= 0.6 is 0 Å². The van der Waals surface area contributed by atoms with E-state index in [0.29, 0.717) is 23.7 Å². The molecule has 5 heteroatoms. The molecule has 0 aliphatic heterocycles. The van der Waals surface area contributed by atoms with Crippen LogP contribution in [0.3, 0.4) is 0 Å². The number of amides is 1. The van der Waals surface area contributed by atoms with Crippen molar-refractivity contribution < 1.29 is 9.53 Å². The molecule has 1 amide bonds. The second-order valence-electron chi connectivity index (χ2n) is 5.16. The SMILES string of the molecule is CCOc1ncc(N)cc1C(=O)NC(C)c1cccc(C)c1. The van der Waals surface area contributed by atoms with E-state index >= 15 is 0 Å². The molecule has 2 aromatic rings. The zero-order chi connectivity index (χ0) is 16.1. The lowest BCUT2D eigenvalue weighted by atomic mass is 10.1. The zero-order valence-electron chi connectivity index (χ0n) is 13.1. The molecule has 0 aliphatic rings. The van der Waals surface area contributed by atoms with Crippen LogP contribution in [0.2, 0.25) is 0 Å². The molecule has 0 radical (unpaired) electrons. The molecule has 2 rings (SSSR count). The molecule has 0 fully saturated rings. The van der Waals surface area contributed by atoms with Gasteiger partial charge < -0.3 is 15.8 Å². The number of benzene rings is 1. The van der Waals surface area contributed by atoms with Gasteiger partial charge in [-0.25, -0.2) is 4.98 Å². The van der Waals surface area contributed by atoms with Crippen LogP contribution in [0, 0.1) is 6.92 Å². The average Bonchev–Trinajstić information content (AvgIpc) is 2.49. The summed E-state index contributed by atoms with van der Waals surface area (Å²) in [7, 11) is 0. The van der Waals surface area contributed by atoms with E-state index in [1.54, 1.807) is 6.07 Å². The molecule has 0 saturated carbocycles. The maximum atomic E-state index is 12.5. The molecule has 1 aromatic heterocycles. The van der Waals surface area contributed by atoms with Crippen LogP contribution in [-0.4, -0.2) is 17.5 Å². The molecule has 116 valence electrons. The minimum absolute atomic E-state index is 0.122. The Morgan fingerprint density at radius 2 is 2.18 bits per heavy atom. The molecule has 1 atom stereocenters. The Morgan fingerprint density at radius 1 is 1.41 bits per heavy atom. The third-order valence-electron chi connectivity index (χ3n) is 3.29. The van der Waals surface area contributed by atoms with Crippen LogP contribution in [0.25, 0.3) is 0 Å². The minimum atomic E-state index is -0.253. The Bertz CT molecular complexity index is 671. The monoisotopic (exact) mass is 299 g/mol. The fourth-order valence-corrected chi connectivity index (χ4v) is 2.18. The summed E-state index contributed by atoms with van der Waals surface area (Å²) in [6.45, 7) is 6.24. The maximum Gasteiger partial charge on any atom is 0.257 e. The van der Waals surface area contributed by atoms with Gasteiger partial charge in [-0.05, 0) is 32.4 Å². The molecular weight excluding hydrogens is 278 g/mol. The molecule has 1 unspecified atom stereocenters. The van der Waals surface area contributed by atoms with Crippen molar-refractivity contribution in [3.63, 3.8) is 0 Å². The zero-order valence-corrected chi connectivity index (χ0v) is 13.1. The van der Waals surface area contributed by atoms with Crippen molar-refractivity contribution in [3.8, 4) is 5.88 Å². The van der Waals surface area contributed by atoms with Crippen LogP contribution in [0.15, 0.2) is 36.5 Å². The van der Waals surface area contributed by atoms with E-state index in [4.69, 9.17) is 10.5 Å². The fraction of sp³-hybridized carbons (Fsp3) is 0.294. The van der Waals surface area contributed by atoms with Crippen molar-refractivity contribution >= 4 is 11.6 Å². The molecule has 0 bridgehead atoms. The number of aryl methyl sites for hydroxylation is 1. The van der Waals surface area contributed by atoms with Crippen molar-refractivity contribution in [2.24, 2.45) is 0 Å². The van der Waals surface area contributed by atoms with Gasteiger partial charge in [-0.3, -0.25) is 4.79 Å². The van der Waals surface area contributed by atoms with E-state index in [1.807, 2.05) is 45.0 Å². The van der Waals surface area contributed by atoms with Gasteiger partial charge in [-0.1, -0.05) is 29.8 Å². The van der Waals surface area contributed by atoms with E-state index in [0.717, 1.165) is 11.1 Å². The number of nitrogen functional groups attached to an aromatic ring is 1. The molecule has 22 heavy (non-hydrogen) atoms. The predicted octanol–water partition coefficient (Wildman–Crippen LogP) is 2.86. The number of hydrogen-bond donors (Lipinski definition) is 2. The van der Waals surface area contributed by atoms with Crippen molar-refractivity contribution in [1.29, 1.82) is 0 Å². The Balaban J connectivity index is 2.20. The normalized spacial score (nSPS) is 11.8. The summed E-state index contributed by atoms with van der Waals surface area (Å²) >= 11 is 0. The number of carbonyl (C=O) groups excluding carboxylic acids is 1. The first-order valence-corrected chi connectivity index (χ1v) is 7.27. The van der Waals surface area contributed by atoms with Gasteiger partial charge >= 0.3 is 0 Å². The lowest BCUT2D eigenvalue weighted by Crippen LogP contribution is -2.27. The minimum Gasteiger partial charge on any atom is -0.477 e. The topological polar surface area (TPSA) is 77.2 Å². The van der Waals surface area contributed by atoms with E-state index in [2.05, 4.69) is 10.3 Å². The predicted molar refractivity (Wildman–Crippen MR) is 86.9 cm³/mol. The highest BCUT2D eigenvalue weighted by Crippen LogP contribution is 2.20. The van der Waals surface area contributed by atoms with Gasteiger partial charge in [0.05, 0.1) is 24.5 Å². The number of ether oxygens (including phenoxy) is 1. The molecule has 1 aromatic carbocycles. The quantitative estimate of drug-likeness (QED) is 0.890. The lowest BCUT2D eigenvalue weighted by molar-refractivity contribution is 0.0935. The molecule has 5 nitrogen and oxygen atoms in total. The highest BCUT2D eigenvalue weighted by Gasteiger charge is 2.17.